The zero-order valence-corrected chi connectivity index (χ0v) is 22.4. The van der Waals surface area contributed by atoms with Gasteiger partial charge in [-0.05, 0) is 70.1 Å². The molecule has 0 spiro atoms. The van der Waals surface area contributed by atoms with Gasteiger partial charge in [-0.15, -0.1) is 0 Å². The smallest absolute Gasteiger partial charge is 0.344 e. The number of hydrogen-bond donors (Lipinski definition) is 1. The van der Waals surface area contributed by atoms with Crippen molar-refractivity contribution in [1.29, 1.82) is 0 Å². The van der Waals surface area contributed by atoms with Crippen LogP contribution in [0.2, 0.25) is 0 Å². The molecule has 0 radical (unpaired) electrons. The topological polar surface area (TPSA) is 102 Å². The van der Waals surface area contributed by atoms with E-state index in [0.717, 1.165) is 21.5 Å². The highest BCUT2D eigenvalue weighted by atomic mass is 32.2. The van der Waals surface area contributed by atoms with Crippen molar-refractivity contribution < 1.29 is 27.5 Å². The van der Waals surface area contributed by atoms with E-state index >= 15 is 0 Å². The van der Waals surface area contributed by atoms with Gasteiger partial charge in [0.15, 0.2) is 13.2 Å². The van der Waals surface area contributed by atoms with Gasteiger partial charge >= 0.3 is 5.97 Å². The van der Waals surface area contributed by atoms with Crippen LogP contribution < -0.4 is 14.4 Å². The molecule has 0 aromatic heterocycles. The molecule has 0 bridgehead atoms. The minimum absolute atomic E-state index is 0.182. The van der Waals surface area contributed by atoms with Gasteiger partial charge in [-0.25, -0.2) is 13.2 Å². The quantitative estimate of drug-likeness (QED) is 0.246. The van der Waals surface area contributed by atoms with Crippen LogP contribution in [0.4, 0.5) is 11.4 Å². The zero-order chi connectivity index (χ0) is 28.1. The molecule has 0 atom stereocenters. The van der Waals surface area contributed by atoms with Crippen LogP contribution in [0.25, 0.3) is 21.5 Å². The van der Waals surface area contributed by atoms with E-state index in [9.17, 15) is 18.0 Å². The van der Waals surface area contributed by atoms with Crippen molar-refractivity contribution in [3.05, 3.63) is 109 Å². The number of carbonyl (C=O) groups excluding carboxylic acids is 2. The number of esters is 1. The molecule has 0 unspecified atom stereocenters. The fraction of sp³-hybridized carbons (Fsp3) is 0.0968. The summed E-state index contributed by atoms with van der Waals surface area (Å²) < 4.78 is 38.0. The number of sulfonamides is 1. The predicted octanol–water partition coefficient (Wildman–Crippen LogP) is 5.38. The van der Waals surface area contributed by atoms with Gasteiger partial charge in [0.2, 0.25) is 0 Å². The van der Waals surface area contributed by atoms with Gasteiger partial charge in [-0.1, -0.05) is 60.7 Å². The van der Waals surface area contributed by atoms with Gasteiger partial charge < -0.3 is 14.8 Å². The molecule has 1 N–H and O–H groups in total. The summed E-state index contributed by atoms with van der Waals surface area (Å²) in [4.78, 5) is 24.5. The largest absolute Gasteiger partial charge is 0.482 e. The number of fused-ring (bicyclic) bond motifs is 2. The lowest BCUT2D eigenvalue weighted by molar-refractivity contribution is -0.149. The number of rotatable bonds is 9. The second kappa shape index (κ2) is 11.5. The Balaban J connectivity index is 1.12. The summed E-state index contributed by atoms with van der Waals surface area (Å²) in [5, 5.41) is 6.52. The number of hydrogen-bond acceptors (Lipinski definition) is 6. The zero-order valence-electron chi connectivity index (χ0n) is 21.6. The van der Waals surface area contributed by atoms with Crippen molar-refractivity contribution in [2.24, 2.45) is 0 Å². The minimum Gasteiger partial charge on any atom is -0.482 e. The lowest BCUT2D eigenvalue weighted by Crippen LogP contribution is -2.26. The number of ether oxygens (including phenoxy) is 2. The Kier molecular flexibility index (Phi) is 7.65. The molecule has 0 aliphatic heterocycles. The van der Waals surface area contributed by atoms with Crippen LogP contribution >= 0.6 is 0 Å². The predicted molar refractivity (Wildman–Crippen MR) is 155 cm³/mol. The third-order valence-electron chi connectivity index (χ3n) is 6.33. The van der Waals surface area contributed by atoms with E-state index in [1.165, 1.54) is 11.4 Å². The number of nitrogens with zero attached hydrogens (tertiary/aromatic N) is 1. The van der Waals surface area contributed by atoms with Crippen molar-refractivity contribution in [2.45, 2.75) is 4.90 Å². The van der Waals surface area contributed by atoms with E-state index < -0.39 is 35.1 Å². The first-order valence-corrected chi connectivity index (χ1v) is 13.9. The number of nitrogens with one attached hydrogen (secondary N) is 1. The minimum atomic E-state index is -3.79. The van der Waals surface area contributed by atoms with Crippen molar-refractivity contribution in [2.75, 3.05) is 29.9 Å². The molecule has 0 aliphatic carbocycles. The van der Waals surface area contributed by atoms with Gasteiger partial charge in [0, 0.05) is 12.7 Å². The molecule has 5 rings (SSSR count). The van der Waals surface area contributed by atoms with Crippen molar-refractivity contribution in [3.8, 4) is 5.75 Å². The van der Waals surface area contributed by atoms with Crippen molar-refractivity contribution in [1.82, 2.24) is 0 Å². The Morgan fingerprint density at radius 2 is 1.32 bits per heavy atom. The van der Waals surface area contributed by atoms with Crippen LogP contribution in [0.3, 0.4) is 0 Å². The molecule has 1 amide bonds. The monoisotopic (exact) mass is 554 g/mol. The number of anilines is 2. The summed E-state index contributed by atoms with van der Waals surface area (Å²) in [5.74, 6) is -0.838. The lowest BCUT2D eigenvalue weighted by Gasteiger charge is -2.20. The molecule has 8 nitrogen and oxygen atoms in total. The molecule has 5 aromatic carbocycles. The molecule has 9 heteroatoms. The normalized spacial score (nSPS) is 11.2. The fourth-order valence-corrected chi connectivity index (χ4v) is 5.40. The Bertz CT molecular complexity index is 1800. The average Bonchev–Trinajstić information content (AvgIpc) is 2.98. The Hall–Kier alpha value is -4.89. The molecule has 0 fully saturated rings. The summed E-state index contributed by atoms with van der Waals surface area (Å²) in [6, 6.07) is 32.1. The Labute approximate surface area is 231 Å². The first-order valence-electron chi connectivity index (χ1n) is 12.4. The molecular formula is C31H26N2O6S. The third-order valence-corrected chi connectivity index (χ3v) is 8.12. The first kappa shape index (κ1) is 26.7. The molecule has 202 valence electrons. The van der Waals surface area contributed by atoms with Gasteiger partial charge in [-0.3, -0.25) is 9.10 Å². The van der Waals surface area contributed by atoms with Crippen LogP contribution in [0, 0.1) is 0 Å². The summed E-state index contributed by atoms with van der Waals surface area (Å²) in [7, 11) is -2.32. The highest BCUT2D eigenvalue weighted by Gasteiger charge is 2.21. The molecule has 40 heavy (non-hydrogen) atoms. The number of benzene rings is 5. The maximum atomic E-state index is 13.2. The summed E-state index contributed by atoms with van der Waals surface area (Å²) in [6.45, 7) is -0.862. The van der Waals surface area contributed by atoms with Crippen LogP contribution in [-0.2, 0) is 24.3 Å². The average molecular weight is 555 g/mol. The van der Waals surface area contributed by atoms with Gasteiger partial charge in [0.1, 0.15) is 5.75 Å². The number of carbonyl (C=O) groups is 2. The Morgan fingerprint density at radius 3 is 2.00 bits per heavy atom. The highest BCUT2D eigenvalue weighted by Crippen LogP contribution is 2.26. The van der Waals surface area contributed by atoms with Crippen molar-refractivity contribution in [3.63, 3.8) is 0 Å². The molecule has 0 aliphatic rings. The molecular weight excluding hydrogens is 528 g/mol. The van der Waals surface area contributed by atoms with Crippen molar-refractivity contribution >= 4 is 54.8 Å². The summed E-state index contributed by atoms with van der Waals surface area (Å²) >= 11 is 0. The fourth-order valence-electron chi connectivity index (χ4n) is 4.17. The van der Waals surface area contributed by atoms with E-state index in [1.807, 2.05) is 60.7 Å². The van der Waals surface area contributed by atoms with E-state index in [1.54, 1.807) is 48.5 Å². The Morgan fingerprint density at radius 1 is 0.725 bits per heavy atom. The van der Waals surface area contributed by atoms with Crippen LogP contribution in [-0.4, -0.2) is 40.6 Å². The van der Waals surface area contributed by atoms with Gasteiger partial charge in [0.05, 0.1) is 10.6 Å². The maximum absolute atomic E-state index is 13.2. The number of amides is 1. The molecule has 0 saturated heterocycles. The van der Waals surface area contributed by atoms with E-state index in [-0.39, 0.29) is 4.90 Å². The standard InChI is InChI=1S/C31H26N2O6S/c1-33(40(36,37)29-17-11-23-7-3-5-9-25(23)19-29)27-13-15-28(16-14-27)38-21-31(35)39-20-30(34)32-26-12-10-22-6-2-4-8-24(22)18-26/h2-19H,20-21H2,1H3,(H,32,34). The van der Waals surface area contributed by atoms with E-state index in [4.69, 9.17) is 9.47 Å². The van der Waals surface area contributed by atoms with E-state index in [0.29, 0.717) is 17.1 Å². The summed E-state index contributed by atoms with van der Waals surface area (Å²) in [5.41, 5.74) is 1.03. The molecule has 0 heterocycles. The first-order chi connectivity index (χ1) is 19.3. The third kappa shape index (κ3) is 6.05. The molecule has 0 saturated carbocycles. The van der Waals surface area contributed by atoms with E-state index in [2.05, 4.69) is 5.32 Å². The van der Waals surface area contributed by atoms with Crippen LogP contribution in [0.5, 0.6) is 5.75 Å². The molecule has 5 aromatic rings. The lowest BCUT2D eigenvalue weighted by atomic mass is 10.1. The second-order valence-corrected chi connectivity index (χ2v) is 11.0. The van der Waals surface area contributed by atoms with Crippen LogP contribution in [0.15, 0.2) is 114 Å². The maximum Gasteiger partial charge on any atom is 0.344 e. The van der Waals surface area contributed by atoms with Gasteiger partial charge in [0.25, 0.3) is 15.9 Å². The second-order valence-electron chi connectivity index (χ2n) is 9.03. The van der Waals surface area contributed by atoms with Gasteiger partial charge in [-0.2, -0.15) is 0 Å². The van der Waals surface area contributed by atoms with Crippen LogP contribution in [0.1, 0.15) is 0 Å². The summed E-state index contributed by atoms with van der Waals surface area (Å²) in [6.07, 6.45) is 0. The highest BCUT2D eigenvalue weighted by molar-refractivity contribution is 7.92. The SMILES string of the molecule is CN(c1ccc(OCC(=O)OCC(=O)Nc2ccc3ccccc3c2)cc1)S(=O)(=O)c1ccc2ccccc2c1.